The molecule has 1 aliphatic heterocycles. The number of piperidine rings is 1. The number of ether oxygens (including phenoxy) is 1. The number of rotatable bonds is 7. The number of hydrogen-bond acceptors (Lipinski definition) is 2. The Balaban J connectivity index is 1.42. The van der Waals surface area contributed by atoms with Gasteiger partial charge in [-0.3, -0.25) is 0 Å². The van der Waals surface area contributed by atoms with Gasteiger partial charge >= 0.3 is 0 Å². The fourth-order valence-corrected chi connectivity index (χ4v) is 3.38. The van der Waals surface area contributed by atoms with Crippen molar-refractivity contribution in [3.63, 3.8) is 0 Å². The lowest BCUT2D eigenvalue weighted by Gasteiger charge is -2.31. The molecule has 1 N–H and O–H groups in total. The van der Waals surface area contributed by atoms with Gasteiger partial charge in [-0.15, -0.1) is 0 Å². The minimum atomic E-state index is 0.498. The van der Waals surface area contributed by atoms with Gasteiger partial charge in [-0.1, -0.05) is 36.8 Å². The highest BCUT2D eigenvalue weighted by atomic mass is 16.5. The van der Waals surface area contributed by atoms with Crippen LogP contribution < -0.4 is 5.32 Å². The van der Waals surface area contributed by atoms with Crippen LogP contribution in [0.15, 0.2) is 41.7 Å². The van der Waals surface area contributed by atoms with Crippen molar-refractivity contribution in [2.24, 2.45) is 0 Å². The van der Waals surface area contributed by atoms with Gasteiger partial charge in [0.15, 0.2) is 0 Å². The summed E-state index contributed by atoms with van der Waals surface area (Å²) in [6, 6.07) is 11.3. The van der Waals surface area contributed by atoms with Gasteiger partial charge in [-0.05, 0) is 69.0 Å². The average molecular weight is 299 g/mol. The van der Waals surface area contributed by atoms with E-state index in [4.69, 9.17) is 4.74 Å². The number of unbranched alkanes of at least 4 members (excludes halogenated alkanes) is 1. The summed E-state index contributed by atoms with van der Waals surface area (Å²) in [5.41, 5.74) is 3.02. The third-order valence-electron chi connectivity index (χ3n) is 4.89. The molecule has 2 nitrogen and oxygen atoms in total. The first-order chi connectivity index (χ1) is 10.9. The van der Waals surface area contributed by atoms with Crippen molar-refractivity contribution in [3.05, 3.63) is 47.2 Å². The molecule has 1 saturated heterocycles. The van der Waals surface area contributed by atoms with Crippen LogP contribution in [0.2, 0.25) is 0 Å². The zero-order chi connectivity index (χ0) is 15.0. The van der Waals surface area contributed by atoms with Crippen LogP contribution in [0.25, 0.3) is 0 Å². The second-order valence-corrected chi connectivity index (χ2v) is 6.62. The molecule has 1 saturated carbocycles. The van der Waals surface area contributed by atoms with Crippen LogP contribution in [-0.4, -0.2) is 19.2 Å². The lowest BCUT2D eigenvalue weighted by Crippen LogP contribution is -2.37. The third kappa shape index (κ3) is 4.36. The van der Waals surface area contributed by atoms with E-state index < -0.39 is 0 Å². The molecule has 1 atom stereocenters. The molecular formula is C20H29NO. The molecule has 0 aromatic heterocycles. The van der Waals surface area contributed by atoms with Gasteiger partial charge in [0.2, 0.25) is 0 Å². The molecule has 2 aliphatic rings. The van der Waals surface area contributed by atoms with Crippen LogP contribution >= 0.6 is 0 Å². The van der Waals surface area contributed by atoms with Gasteiger partial charge in [0.05, 0.1) is 12.6 Å². The molecule has 0 radical (unpaired) electrons. The summed E-state index contributed by atoms with van der Waals surface area (Å²) in [5, 5.41) is 3.65. The first kappa shape index (κ1) is 15.6. The molecule has 0 amide bonds. The fourth-order valence-electron chi connectivity index (χ4n) is 3.38. The summed E-state index contributed by atoms with van der Waals surface area (Å²) in [6.07, 6.45) is 11.3. The predicted octanol–water partition coefficient (Wildman–Crippen LogP) is 4.61. The highest BCUT2D eigenvalue weighted by Gasteiger charge is 2.24. The van der Waals surface area contributed by atoms with Crippen molar-refractivity contribution in [1.29, 1.82) is 0 Å². The van der Waals surface area contributed by atoms with Crippen molar-refractivity contribution in [2.75, 3.05) is 13.2 Å². The summed E-state index contributed by atoms with van der Waals surface area (Å²) in [6.45, 7) is 2.03. The van der Waals surface area contributed by atoms with Gasteiger partial charge in [0, 0.05) is 0 Å². The highest BCUT2D eigenvalue weighted by molar-refractivity contribution is 5.20. The molecule has 3 rings (SSSR count). The molecule has 1 heterocycles. The van der Waals surface area contributed by atoms with E-state index in [1.54, 1.807) is 5.57 Å². The molecular weight excluding hydrogens is 270 g/mol. The first-order valence-corrected chi connectivity index (χ1v) is 9.05. The maximum atomic E-state index is 6.24. The minimum Gasteiger partial charge on any atom is -0.496 e. The number of nitrogens with one attached hydrogen (secondary N) is 1. The predicted molar refractivity (Wildman–Crippen MR) is 91.9 cm³/mol. The molecule has 0 spiro atoms. The third-order valence-corrected chi connectivity index (χ3v) is 4.89. The Labute approximate surface area is 135 Å². The van der Waals surface area contributed by atoms with Crippen LogP contribution in [0.3, 0.4) is 0 Å². The highest BCUT2D eigenvalue weighted by Crippen LogP contribution is 2.32. The molecule has 120 valence electrons. The van der Waals surface area contributed by atoms with E-state index in [1.165, 1.54) is 56.3 Å². The molecule has 2 heteroatoms. The standard InChI is InChI=1S/C20H29NO/c1-2-9-17(10-3-1)11-5-7-16-22-20(18-12-8-13-18)19-14-4-6-15-21-19/h1-3,9-10,19,21H,4-8,11-16H2. The smallest absolute Gasteiger partial charge is 0.112 e. The second-order valence-electron chi connectivity index (χ2n) is 6.62. The maximum absolute atomic E-state index is 6.24. The van der Waals surface area contributed by atoms with E-state index in [-0.39, 0.29) is 0 Å². The van der Waals surface area contributed by atoms with E-state index in [0.29, 0.717) is 6.04 Å². The number of benzene rings is 1. The maximum Gasteiger partial charge on any atom is 0.112 e. The second kappa shape index (κ2) is 8.38. The molecule has 22 heavy (non-hydrogen) atoms. The SMILES string of the molecule is c1ccc(CCCCOC(=C2CCC2)C2CCCCN2)cc1. The van der Waals surface area contributed by atoms with Crippen LogP contribution in [0.1, 0.15) is 56.9 Å². The van der Waals surface area contributed by atoms with E-state index in [2.05, 4.69) is 35.6 Å². The Morgan fingerprint density at radius 2 is 1.91 bits per heavy atom. The Morgan fingerprint density at radius 3 is 2.59 bits per heavy atom. The topological polar surface area (TPSA) is 21.3 Å². The van der Waals surface area contributed by atoms with E-state index in [1.807, 2.05) is 0 Å². The minimum absolute atomic E-state index is 0.498. The van der Waals surface area contributed by atoms with Crippen LogP contribution in [0, 0.1) is 0 Å². The Kier molecular flexibility index (Phi) is 5.94. The summed E-state index contributed by atoms with van der Waals surface area (Å²) in [4.78, 5) is 0. The molecule has 0 bridgehead atoms. The van der Waals surface area contributed by atoms with Crippen LogP contribution in [0.4, 0.5) is 0 Å². The zero-order valence-electron chi connectivity index (χ0n) is 13.7. The lowest BCUT2D eigenvalue weighted by molar-refractivity contribution is 0.163. The van der Waals surface area contributed by atoms with Crippen molar-refractivity contribution < 1.29 is 4.74 Å². The van der Waals surface area contributed by atoms with Crippen molar-refractivity contribution in [3.8, 4) is 0 Å². The average Bonchev–Trinajstić information content (AvgIpc) is 2.53. The Morgan fingerprint density at radius 1 is 1.05 bits per heavy atom. The molecule has 2 fully saturated rings. The van der Waals surface area contributed by atoms with Gasteiger partial charge < -0.3 is 10.1 Å². The summed E-state index contributed by atoms with van der Waals surface area (Å²) in [7, 11) is 0. The van der Waals surface area contributed by atoms with Crippen LogP contribution in [0.5, 0.6) is 0 Å². The Hall–Kier alpha value is -1.28. The monoisotopic (exact) mass is 299 g/mol. The first-order valence-electron chi connectivity index (χ1n) is 9.05. The molecule has 1 aromatic rings. The lowest BCUT2D eigenvalue weighted by atomic mass is 9.87. The number of allylic oxidation sites excluding steroid dienone is 1. The zero-order valence-corrected chi connectivity index (χ0v) is 13.7. The normalized spacial score (nSPS) is 21.3. The summed E-state index contributed by atoms with van der Waals surface area (Å²) >= 11 is 0. The van der Waals surface area contributed by atoms with E-state index in [0.717, 1.165) is 26.0 Å². The van der Waals surface area contributed by atoms with Gasteiger partial charge in [0.1, 0.15) is 5.76 Å². The quantitative estimate of drug-likeness (QED) is 0.586. The fraction of sp³-hybridized carbons (Fsp3) is 0.600. The van der Waals surface area contributed by atoms with Crippen LogP contribution in [-0.2, 0) is 11.2 Å². The van der Waals surface area contributed by atoms with Gasteiger partial charge in [0.25, 0.3) is 0 Å². The number of aryl methyl sites for hydroxylation is 1. The molecule has 1 unspecified atom stereocenters. The largest absolute Gasteiger partial charge is 0.496 e. The van der Waals surface area contributed by atoms with Crippen molar-refractivity contribution >= 4 is 0 Å². The molecule has 1 aliphatic carbocycles. The Bertz CT molecular complexity index is 468. The van der Waals surface area contributed by atoms with E-state index in [9.17, 15) is 0 Å². The van der Waals surface area contributed by atoms with Gasteiger partial charge in [-0.25, -0.2) is 0 Å². The van der Waals surface area contributed by atoms with Crippen molar-refractivity contribution in [2.45, 2.75) is 63.8 Å². The number of hydrogen-bond donors (Lipinski definition) is 1. The van der Waals surface area contributed by atoms with E-state index >= 15 is 0 Å². The van der Waals surface area contributed by atoms with Crippen molar-refractivity contribution in [1.82, 2.24) is 5.32 Å². The summed E-state index contributed by atoms with van der Waals surface area (Å²) in [5.74, 6) is 1.31. The molecule has 1 aromatic carbocycles. The summed E-state index contributed by atoms with van der Waals surface area (Å²) < 4.78 is 6.24. The van der Waals surface area contributed by atoms with Gasteiger partial charge in [-0.2, -0.15) is 0 Å².